The number of para-hydroxylation sites is 1. The van der Waals surface area contributed by atoms with Crippen LogP contribution in [0, 0.1) is 5.41 Å². The molecular weight excluding hydrogens is 256 g/mol. The van der Waals surface area contributed by atoms with Crippen molar-refractivity contribution in [3.05, 3.63) is 47.2 Å². The molecule has 2 aromatic rings. The highest BCUT2D eigenvalue weighted by atomic mass is 15.2. The molecule has 0 radical (unpaired) electrons. The highest BCUT2D eigenvalue weighted by Crippen LogP contribution is 2.41. The van der Waals surface area contributed by atoms with Gasteiger partial charge in [-0.15, -0.1) is 0 Å². The van der Waals surface area contributed by atoms with Crippen LogP contribution < -0.4 is 0 Å². The summed E-state index contributed by atoms with van der Waals surface area (Å²) in [7, 11) is 0. The van der Waals surface area contributed by atoms with Crippen LogP contribution in [0.5, 0.6) is 0 Å². The third-order valence-corrected chi connectivity index (χ3v) is 5.18. The molecule has 0 spiro atoms. The summed E-state index contributed by atoms with van der Waals surface area (Å²) in [4.78, 5) is 6.33. The van der Waals surface area contributed by atoms with Gasteiger partial charge in [-0.05, 0) is 29.9 Å². The SMILES string of the molecule is CC(C)(C)C1=CC2c3[nH]c4ccccc4c3CCN2CC1. The van der Waals surface area contributed by atoms with Crippen molar-refractivity contribution in [2.24, 2.45) is 5.41 Å². The van der Waals surface area contributed by atoms with Crippen molar-refractivity contribution in [1.29, 1.82) is 0 Å². The lowest BCUT2D eigenvalue weighted by Gasteiger charge is -2.40. The van der Waals surface area contributed by atoms with E-state index in [1.54, 1.807) is 11.1 Å². The van der Waals surface area contributed by atoms with Gasteiger partial charge in [-0.3, -0.25) is 4.90 Å². The number of rotatable bonds is 0. The lowest BCUT2D eigenvalue weighted by molar-refractivity contribution is 0.198. The first-order valence-corrected chi connectivity index (χ1v) is 8.09. The second-order valence-electron chi connectivity index (χ2n) is 7.49. The average Bonchev–Trinajstić information content (AvgIpc) is 2.84. The lowest BCUT2D eigenvalue weighted by Crippen LogP contribution is -2.39. The maximum Gasteiger partial charge on any atom is 0.0690 e. The zero-order valence-electron chi connectivity index (χ0n) is 13.2. The molecule has 1 unspecified atom stereocenters. The number of benzene rings is 1. The number of H-pyrrole nitrogens is 1. The molecular formula is C19H24N2. The standard InChI is InChI=1S/C19H24N2/c1-19(2,3)13-8-10-21-11-9-15-14-6-4-5-7-16(14)20-18(15)17(21)12-13/h4-7,12,17,20H,8-11H2,1-3H3. The summed E-state index contributed by atoms with van der Waals surface area (Å²) in [6.45, 7) is 9.40. The van der Waals surface area contributed by atoms with Crippen LogP contribution in [0.2, 0.25) is 0 Å². The molecule has 0 saturated heterocycles. The molecule has 2 aliphatic heterocycles. The van der Waals surface area contributed by atoms with Crippen molar-refractivity contribution in [3.63, 3.8) is 0 Å². The Morgan fingerprint density at radius 2 is 1.86 bits per heavy atom. The van der Waals surface area contributed by atoms with Gasteiger partial charge in [0, 0.05) is 29.7 Å². The van der Waals surface area contributed by atoms with Gasteiger partial charge in [0.25, 0.3) is 0 Å². The predicted molar refractivity (Wildman–Crippen MR) is 88.5 cm³/mol. The number of aromatic nitrogens is 1. The van der Waals surface area contributed by atoms with E-state index in [1.807, 2.05) is 0 Å². The normalized spacial score (nSPS) is 22.8. The number of hydrogen-bond donors (Lipinski definition) is 1. The molecule has 2 nitrogen and oxygen atoms in total. The van der Waals surface area contributed by atoms with Gasteiger partial charge in [0.1, 0.15) is 0 Å². The molecule has 1 atom stereocenters. The smallest absolute Gasteiger partial charge is 0.0690 e. The van der Waals surface area contributed by atoms with Crippen LogP contribution in [0.4, 0.5) is 0 Å². The summed E-state index contributed by atoms with van der Waals surface area (Å²) in [6.07, 6.45) is 4.92. The van der Waals surface area contributed by atoms with Crippen LogP contribution in [0.15, 0.2) is 35.9 Å². The van der Waals surface area contributed by atoms with Crippen molar-refractivity contribution in [2.75, 3.05) is 13.1 Å². The van der Waals surface area contributed by atoms with Gasteiger partial charge in [-0.2, -0.15) is 0 Å². The van der Waals surface area contributed by atoms with Crippen molar-refractivity contribution in [1.82, 2.24) is 9.88 Å². The molecule has 4 rings (SSSR count). The van der Waals surface area contributed by atoms with E-state index in [0.29, 0.717) is 6.04 Å². The van der Waals surface area contributed by atoms with E-state index >= 15 is 0 Å². The Hall–Kier alpha value is -1.54. The topological polar surface area (TPSA) is 19.0 Å². The summed E-state index contributed by atoms with van der Waals surface area (Å²) in [5.74, 6) is 0. The van der Waals surface area contributed by atoms with E-state index in [9.17, 15) is 0 Å². The van der Waals surface area contributed by atoms with Gasteiger partial charge in [0.05, 0.1) is 6.04 Å². The van der Waals surface area contributed by atoms with Gasteiger partial charge >= 0.3 is 0 Å². The number of hydrogen-bond acceptors (Lipinski definition) is 1. The fourth-order valence-corrected chi connectivity index (χ4v) is 3.92. The van der Waals surface area contributed by atoms with E-state index in [1.165, 1.54) is 42.5 Å². The molecule has 0 bridgehead atoms. The van der Waals surface area contributed by atoms with Gasteiger partial charge < -0.3 is 4.98 Å². The van der Waals surface area contributed by atoms with Crippen molar-refractivity contribution >= 4 is 10.9 Å². The van der Waals surface area contributed by atoms with Crippen LogP contribution in [0.25, 0.3) is 10.9 Å². The van der Waals surface area contributed by atoms with E-state index in [2.05, 4.69) is 61.0 Å². The highest BCUT2D eigenvalue weighted by Gasteiger charge is 2.33. The summed E-state index contributed by atoms with van der Waals surface area (Å²) < 4.78 is 0. The zero-order chi connectivity index (χ0) is 14.6. The molecule has 0 saturated carbocycles. The molecule has 1 aromatic carbocycles. The number of nitrogens with one attached hydrogen (secondary N) is 1. The van der Waals surface area contributed by atoms with Crippen molar-refractivity contribution < 1.29 is 0 Å². The Morgan fingerprint density at radius 1 is 1.10 bits per heavy atom. The first kappa shape index (κ1) is 13.1. The molecule has 21 heavy (non-hydrogen) atoms. The van der Waals surface area contributed by atoms with Crippen LogP contribution >= 0.6 is 0 Å². The van der Waals surface area contributed by atoms with Gasteiger partial charge in [-0.25, -0.2) is 0 Å². The third kappa shape index (κ3) is 2.04. The molecule has 1 N–H and O–H groups in total. The van der Waals surface area contributed by atoms with Gasteiger partial charge in [0.15, 0.2) is 0 Å². The first-order chi connectivity index (χ1) is 10.0. The molecule has 1 aromatic heterocycles. The molecule has 3 heterocycles. The van der Waals surface area contributed by atoms with Crippen LogP contribution in [0.1, 0.15) is 44.5 Å². The quantitative estimate of drug-likeness (QED) is 0.707. The first-order valence-electron chi connectivity index (χ1n) is 8.09. The second kappa shape index (κ2) is 4.48. The maximum atomic E-state index is 3.70. The summed E-state index contributed by atoms with van der Waals surface area (Å²) in [5.41, 5.74) is 6.16. The highest BCUT2D eigenvalue weighted by molar-refractivity contribution is 5.85. The minimum atomic E-state index is 0.287. The summed E-state index contributed by atoms with van der Waals surface area (Å²) >= 11 is 0. The Morgan fingerprint density at radius 3 is 2.67 bits per heavy atom. The lowest BCUT2D eigenvalue weighted by atomic mass is 9.80. The van der Waals surface area contributed by atoms with Crippen LogP contribution in [0.3, 0.4) is 0 Å². The van der Waals surface area contributed by atoms with E-state index in [0.717, 1.165) is 0 Å². The van der Waals surface area contributed by atoms with Gasteiger partial charge in [0.2, 0.25) is 0 Å². The maximum absolute atomic E-state index is 3.70. The molecule has 0 fully saturated rings. The largest absolute Gasteiger partial charge is 0.357 e. The van der Waals surface area contributed by atoms with Crippen molar-refractivity contribution in [2.45, 2.75) is 39.7 Å². The predicted octanol–water partition coefficient (Wildman–Crippen LogP) is 4.44. The fraction of sp³-hybridized carbons (Fsp3) is 0.474. The zero-order valence-corrected chi connectivity index (χ0v) is 13.2. The molecule has 0 amide bonds. The van der Waals surface area contributed by atoms with Crippen LogP contribution in [-0.2, 0) is 6.42 Å². The number of nitrogens with zero attached hydrogens (tertiary/aromatic N) is 1. The Kier molecular flexibility index (Phi) is 2.80. The summed E-state index contributed by atoms with van der Waals surface area (Å²) in [6, 6.07) is 9.19. The van der Waals surface area contributed by atoms with E-state index < -0.39 is 0 Å². The molecule has 110 valence electrons. The minimum absolute atomic E-state index is 0.287. The molecule has 2 aliphatic rings. The Bertz CT molecular complexity index is 715. The van der Waals surface area contributed by atoms with Crippen molar-refractivity contribution in [3.8, 4) is 0 Å². The van der Waals surface area contributed by atoms with E-state index in [4.69, 9.17) is 0 Å². The van der Waals surface area contributed by atoms with Crippen LogP contribution in [-0.4, -0.2) is 23.0 Å². The van der Waals surface area contributed by atoms with Gasteiger partial charge in [-0.1, -0.05) is 50.6 Å². The number of fused-ring (bicyclic) bond motifs is 5. The third-order valence-electron chi connectivity index (χ3n) is 5.18. The molecule has 0 aliphatic carbocycles. The van der Waals surface area contributed by atoms with E-state index in [-0.39, 0.29) is 5.41 Å². The second-order valence-corrected chi connectivity index (χ2v) is 7.49. The Balaban J connectivity index is 1.86. The average molecular weight is 280 g/mol. The summed E-state index contributed by atoms with van der Waals surface area (Å²) in [5, 5.41) is 1.42. The fourth-order valence-electron chi connectivity index (χ4n) is 3.92. The molecule has 2 heteroatoms. The number of aromatic amines is 1. The monoisotopic (exact) mass is 280 g/mol. The Labute approximate surface area is 126 Å². The minimum Gasteiger partial charge on any atom is -0.357 e.